The average Bonchev–Trinajstić information content (AvgIpc) is 2.57. The monoisotopic (exact) mass is 351 g/mol. The van der Waals surface area contributed by atoms with Crippen LogP contribution in [0.1, 0.15) is 49.4 Å². The van der Waals surface area contributed by atoms with E-state index in [-0.39, 0.29) is 36.5 Å². The molecule has 0 aromatic carbocycles. The lowest BCUT2D eigenvalue weighted by atomic mass is 9.95. The molecule has 25 heavy (non-hydrogen) atoms. The van der Waals surface area contributed by atoms with Crippen LogP contribution in [0, 0.1) is 0 Å². The summed E-state index contributed by atoms with van der Waals surface area (Å²) in [5.74, 6) is -1.23. The van der Waals surface area contributed by atoms with E-state index in [0.717, 1.165) is 30.3 Å². The van der Waals surface area contributed by atoms with Gasteiger partial charge in [-0.3, -0.25) is 24.3 Å². The number of aromatic nitrogens is 1. The first-order chi connectivity index (χ1) is 11.9. The largest absolute Gasteiger partial charge is 0.480 e. The lowest BCUT2D eigenvalue weighted by molar-refractivity contribution is -0.142. The second-order valence-electron chi connectivity index (χ2n) is 6.35. The first-order valence-electron chi connectivity index (χ1n) is 8.47. The van der Waals surface area contributed by atoms with E-state index in [9.17, 15) is 19.5 Å². The number of carboxylic acid groups (broad SMARTS) is 1. The van der Waals surface area contributed by atoms with E-state index in [2.05, 4.69) is 5.32 Å². The molecule has 1 heterocycles. The predicted molar refractivity (Wildman–Crippen MR) is 92.5 cm³/mol. The summed E-state index contributed by atoms with van der Waals surface area (Å²) in [7, 11) is 0. The van der Waals surface area contributed by atoms with Gasteiger partial charge in [-0.1, -0.05) is 19.3 Å². The summed E-state index contributed by atoms with van der Waals surface area (Å²) < 4.78 is 6.53. The number of nitrogen functional groups attached to an aromatic ring is 1. The molecule has 1 aromatic rings. The van der Waals surface area contributed by atoms with Crippen LogP contribution in [-0.4, -0.2) is 40.1 Å². The molecular weight excluding hydrogens is 326 g/mol. The van der Waals surface area contributed by atoms with Crippen molar-refractivity contribution in [1.29, 1.82) is 0 Å². The van der Waals surface area contributed by atoms with Gasteiger partial charge in [0.15, 0.2) is 5.78 Å². The molecule has 0 radical (unpaired) electrons. The summed E-state index contributed by atoms with van der Waals surface area (Å²) in [5, 5.41) is 12.5. The molecule has 0 amide bonds. The number of nitrogens with zero attached hydrogens (tertiary/aromatic N) is 1. The van der Waals surface area contributed by atoms with Crippen molar-refractivity contribution >= 4 is 17.6 Å². The van der Waals surface area contributed by atoms with Gasteiger partial charge < -0.3 is 15.6 Å². The van der Waals surface area contributed by atoms with E-state index in [0.29, 0.717) is 0 Å². The van der Waals surface area contributed by atoms with E-state index >= 15 is 0 Å². The Hall–Kier alpha value is -2.19. The van der Waals surface area contributed by atoms with Crippen LogP contribution >= 0.6 is 0 Å². The molecule has 4 N–H and O–H groups in total. The van der Waals surface area contributed by atoms with Crippen LogP contribution in [0.4, 0.5) is 5.82 Å². The zero-order valence-electron chi connectivity index (χ0n) is 14.4. The minimum absolute atomic E-state index is 0.0205. The standard InChI is InChI=1S/C17H25N3O5/c1-11(21)13-7-8-15(22)20(16(13)18)10-25-9-14(17(23)24)19-12-5-3-2-4-6-12/h7-8,12,14,19H,2-6,9-10,18H2,1H3,(H,23,24). The SMILES string of the molecule is CC(=O)c1ccc(=O)n(COCC(NC2CCCCC2)C(=O)O)c1N. The van der Waals surface area contributed by atoms with E-state index < -0.39 is 17.6 Å². The van der Waals surface area contributed by atoms with Crippen LogP contribution in [-0.2, 0) is 16.3 Å². The van der Waals surface area contributed by atoms with Crippen molar-refractivity contribution < 1.29 is 19.4 Å². The number of nitrogens with two attached hydrogens (primary N) is 1. The predicted octanol–water partition coefficient (Wildman–Crippen LogP) is 0.983. The number of nitrogens with one attached hydrogen (secondary N) is 1. The highest BCUT2D eigenvalue weighted by Gasteiger charge is 2.23. The van der Waals surface area contributed by atoms with Gasteiger partial charge in [0, 0.05) is 12.1 Å². The van der Waals surface area contributed by atoms with Crippen LogP contribution in [0.15, 0.2) is 16.9 Å². The molecular formula is C17H25N3O5. The van der Waals surface area contributed by atoms with Crippen molar-refractivity contribution in [3.63, 3.8) is 0 Å². The number of rotatable bonds is 8. The molecule has 1 fully saturated rings. The summed E-state index contributed by atoms with van der Waals surface area (Å²) in [6.45, 7) is 1.06. The van der Waals surface area contributed by atoms with Gasteiger partial charge in [0.05, 0.1) is 12.2 Å². The summed E-state index contributed by atoms with van der Waals surface area (Å²) in [6, 6.07) is 1.94. The topological polar surface area (TPSA) is 124 Å². The number of carbonyl (C=O) groups is 2. The molecule has 8 heteroatoms. The number of Topliss-reactive ketones (excluding diaryl/α,β-unsaturated/α-hetero) is 1. The number of pyridine rings is 1. The van der Waals surface area contributed by atoms with Gasteiger partial charge >= 0.3 is 5.97 Å². The fourth-order valence-electron chi connectivity index (χ4n) is 3.03. The highest BCUT2D eigenvalue weighted by Crippen LogP contribution is 2.18. The van der Waals surface area contributed by atoms with Crippen molar-refractivity contribution in [2.75, 3.05) is 12.3 Å². The quantitative estimate of drug-likeness (QED) is 0.596. The Morgan fingerprint density at radius 2 is 2.04 bits per heavy atom. The zero-order chi connectivity index (χ0) is 18.4. The van der Waals surface area contributed by atoms with Crippen molar-refractivity contribution in [1.82, 2.24) is 9.88 Å². The molecule has 0 spiro atoms. The summed E-state index contributed by atoms with van der Waals surface area (Å²) in [6.07, 6.45) is 5.28. The van der Waals surface area contributed by atoms with Gasteiger partial charge in [0.2, 0.25) is 0 Å². The Morgan fingerprint density at radius 1 is 1.36 bits per heavy atom. The highest BCUT2D eigenvalue weighted by atomic mass is 16.5. The molecule has 1 atom stereocenters. The second kappa shape index (κ2) is 8.77. The first-order valence-corrected chi connectivity index (χ1v) is 8.47. The van der Waals surface area contributed by atoms with Gasteiger partial charge in [0.25, 0.3) is 5.56 Å². The van der Waals surface area contributed by atoms with Crippen LogP contribution in [0.5, 0.6) is 0 Å². The van der Waals surface area contributed by atoms with E-state index in [1.54, 1.807) is 0 Å². The molecule has 2 rings (SSSR count). The number of anilines is 1. The molecule has 1 aliphatic carbocycles. The smallest absolute Gasteiger partial charge is 0.323 e. The third-order valence-corrected chi connectivity index (χ3v) is 4.45. The lowest BCUT2D eigenvalue weighted by Gasteiger charge is -2.26. The van der Waals surface area contributed by atoms with Crippen LogP contribution in [0.25, 0.3) is 0 Å². The maximum absolute atomic E-state index is 11.9. The first kappa shape index (κ1) is 19.1. The highest BCUT2D eigenvalue weighted by molar-refractivity contribution is 5.98. The van der Waals surface area contributed by atoms with Gasteiger partial charge in [-0.25, -0.2) is 0 Å². The lowest BCUT2D eigenvalue weighted by Crippen LogP contribution is -2.47. The molecule has 0 bridgehead atoms. The van der Waals surface area contributed by atoms with E-state index in [1.165, 1.54) is 25.5 Å². The summed E-state index contributed by atoms with van der Waals surface area (Å²) in [4.78, 5) is 34.8. The van der Waals surface area contributed by atoms with Crippen LogP contribution in [0.3, 0.4) is 0 Å². The van der Waals surface area contributed by atoms with Gasteiger partial charge in [-0.05, 0) is 25.8 Å². The number of carboxylic acids is 1. The molecule has 8 nitrogen and oxygen atoms in total. The molecule has 1 unspecified atom stereocenters. The molecule has 138 valence electrons. The number of hydrogen-bond donors (Lipinski definition) is 3. The van der Waals surface area contributed by atoms with Gasteiger partial charge in [0.1, 0.15) is 18.6 Å². The van der Waals surface area contributed by atoms with Gasteiger partial charge in [-0.2, -0.15) is 0 Å². The molecule has 1 aromatic heterocycles. The normalized spacial score (nSPS) is 16.5. The second-order valence-corrected chi connectivity index (χ2v) is 6.35. The number of ether oxygens (including phenoxy) is 1. The third kappa shape index (κ3) is 5.14. The molecule has 1 saturated carbocycles. The van der Waals surface area contributed by atoms with Crippen molar-refractivity contribution in [2.24, 2.45) is 0 Å². The number of aliphatic carboxylic acids is 1. The van der Waals surface area contributed by atoms with Crippen molar-refractivity contribution in [2.45, 2.75) is 57.8 Å². The Morgan fingerprint density at radius 3 is 2.64 bits per heavy atom. The molecule has 1 aliphatic rings. The Kier molecular flexibility index (Phi) is 6.72. The fourth-order valence-corrected chi connectivity index (χ4v) is 3.03. The minimum Gasteiger partial charge on any atom is -0.480 e. The number of ketones is 1. The summed E-state index contributed by atoms with van der Waals surface area (Å²) >= 11 is 0. The summed E-state index contributed by atoms with van der Waals surface area (Å²) in [5.41, 5.74) is 5.67. The van der Waals surface area contributed by atoms with Crippen molar-refractivity contribution in [3.8, 4) is 0 Å². The number of hydrogen-bond acceptors (Lipinski definition) is 6. The van der Waals surface area contributed by atoms with E-state index in [4.69, 9.17) is 10.5 Å². The third-order valence-electron chi connectivity index (χ3n) is 4.45. The molecule has 0 saturated heterocycles. The van der Waals surface area contributed by atoms with Crippen LogP contribution < -0.4 is 16.6 Å². The minimum atomic E-state index is -0.997. The Balaban J connectivity index is 1.97. The van der Waals surface area contributed by atoms with Gasteiger partial charge in [-0.15, -0.1) is 0 Å². The Bertz CT molecular complexity index is 679. The maximum Gasteiger partial charge on any atom is 0.323 e. The van der Waals surface area contributed by atoms with Crippen LogP contribution in [0.2, 0.25) is 0 Å². The van der Waals surface area contributed by atoms with Crippen molar-refractivity contribution in [3.05, 3.63) is 28.0 Å². The Labute approximate surface area is 146 Å². The van der Waals surface area contributed by atoms with E-state index in [1.807, 2.05) is 0 Å². The number of carbonyl (C=O) groups excluding carboxylic acids is 1. The fraction of sp³-hybridized carbons (Fsp3) is 0.588. The molecule has 0 aliphatic heterocycles. The average molecular weight is 351 g/mol. The maximum atomic E-state index is 11.9. The zero-order valence-corrected chi connectivity index (χ0v) is 14.4.